The number of carbonyl (C=O) groups is 3. The fourth-order valence-corrected chi connectivity index (χ4v) is 3.23. The van der Waals surface area contributed by atoms with Gasteiger partial charge in [-0.25, -0.2) is 0 Å². The van der Waals surface area contributed by atoms with Crippen molar-refractivity contribution in [2.75, 3.05) is 0 Å². The van der Waals surface area contributed by atoms with Gasteiger partial charge in [0.1, 0.15) is 11.5 Å². The van der Waals surface area contributed by atoms with Crippen LogP contribution in [0.25, 0.3) is 0 Å². The van der Waals surface area contributed by atoms with E-state index in [-0.39, 0.29) is 23.9 Å². The molecule has 8 heteroatoms. The van der Waals surface area contributed by atoms with Crippen LogP contribution in [0.2, 0.25) is 0 Å². The summed E-state index contributed by atoms with van der Waals surface area (Å²) in [6.07, 6.45) is 4.15. The number of nitrogens with one attached hydrogen (secondary N) is 4. The molecule has 0 fully saturated rings. The van der Waals surface area contributed by atoms with Crippen LogP contribution in [0.1, 0.15) is 50.6 Å². The van der Waals surface area contributed by atoms with Gasteiger partial charge in [-0.3, -0.25) is 14.4 Å². The van der Waals surface area contributed by atoms with Gasteiger partial charge >= 0.3 is 0 Å². The zero-order valence-corrected chi connectivity index (χ0v) is 17.7. The lowest BCUT2D eigenvalue weighted by molar-refractivity contribution is -0.125. The van der Waals surface area contributed by atoms with E-state index in [2.05, 4.69) is 21.3 Å². The van der Waals surface area contributed by atoms with E-state index in [9.17, 15) is 14.4 Å². The van der Waals surface area contributed by atoms with Crippen LogP contribution in [0.4, 0.5) is 0 Å². The maximum absolute atomic E-state index is 12.3. The highest BCUT2D eigenvalue weighted by molar-refractivity contribution is 5.98. The highest BCUT2D eigenvalue weighted by Crippen LogP contribution is 2.15. The first-order valence-corrected chi connectivity index (χ1v) is 10.3. The lowest BCUT2D eigenvalue weighted by Crippen LogP contribution is -2.46. The monoisotopic (exact) mass is 424 g/mol. The van der Waals surface area contributed by atoms with Gasteiger partial charge in [0.2, 0.25) is 11.8 Å². The molecule has 31 heavy (non-hydrogen) atoms. The molecule has 3 rings (SSSR count). The average Bonchev–Trinajstić information content (AvgIpc) is 3.28. The third-order valence-corrected chi connectivity index (χ3v) is 4.95. The Balaban J connectivity index is 1.41. The normalized spacial score (nSPS) is 16.0. The summed E-state index contributed by atoms with van der Waals surface area (Å²) >= 11 is 0. The van der Waals surface area contributed by atoms with Gasteiger partial charge in [-0.05, 0) is 44.4 Å². The second-order valence-electron chi connectivity index (χ2n) is 8.11. The zero-order valence-electron chi connectivity index (χ0n) is 17.7. The summed E-state index contributed by atoms with van der Waals surface area (Å²) in [5, 5.41) is 11.3. The van der Waals surface area contributed by atoms with Crippen LogP contribution in [-0.4, -0.2) is 23.3 Å². The summed E-state index contributed by atoms with van der Waals surface area (Å²) in [6, 6.07) is 13.3. The minimum atomic E-state index is -0.545. The SMILES string of the molecule is CC(C)(CCC(=O)NC1=CNC(c2ccco2)NC1=O)NC(=O)CCc1ccccc1. The molecule has 0 aliphatic carbocycles. The van der Waals surface area contributed by atoms with Crippen molar-refractivity contribution < 1.29 is 18.8 Å². The Morgan fingerprint density at radius 1 is 1.06 bits per heavy atom. The first-order chi connectivity index (χ1) is 14.8. The molecule has 0 spiro atoms. The summed E-state index contributed by atoms with van der Waals surface area (Å²) < 4.78 is 5.26. The average molecular weight is 425 g/mol. The summed E-state index contributed by atoms with van der Waals surface area (Å²) in [5.74, 6) is -0.190. The molecule has 164 valence electrons. The van der Waals surface area contributed by atoms with Crippen LogP contribution in [0.3, 0.4) is 0 Å². The smallest absolute Gasteiger partial charge is 0.271 e. The minimum absolute atomic E-state index is 0.0585. The molecule has 1 aliphatic heterocycles. The molecule has 1 aromatic carbocycles. The van der Waals surface area contributed by atoms with Gasteiger partial charge in [0.25, 0.3) is 5.91 Å². The third kappa shape index (κ3) is 6.74. The number of rotatable bonds is 9. The van der Waals surface area contributed by atoms with Gasteiger partial charge < -0.3 is 25.7 Å². The second-order valence-corrected chi connectivity index (χ2v) is 8.11. The van der Waals surface area contributed by atoms with E-state index in [1.54, 1.807) is 12.1 Å². The molecule has 0 saturated carbocycles. The van der Waals surface area contributed by atoms with Crippen molar-refractivity contribution in [1.29, 1.82) is 0 Å². The second kappa shape index (κ2) is 9.97. The maximum atomic E-state index is 12.3. The van der Waals surface area contributed by atoms with E-state index in [1.807, 2.05) is 44.2 Å². The Kier molecular flexibility index (Phi) is 7.12. The molecule has 2 aromatic rings. The molecule has 2 heterocycles. The quantitative estimate of drug-likeness (QED) is 0.493. The highest BCUT2D eigenvalue weighted by Gasteiger charge is 2.26. The number of hydrogen-bond donors (Lipinski definition) is 4. The minimum Gasteiger partial charge on any atom is -0.465 e. The largest absolute Gasteiger partial charge is 0.465 e. The van der Waals surface area contributed by atoms with Crippen molar-refractivity contribution in [3.63, 3.8) is 0 Å². The molecular weight excluding hydrogens is 396 g/mol. The molecule has 1 unspecified atom stereocenters. The molecule has 3 amide bonds. The Bertz CT molecular complexity index is 936. The van der Waals surface area contributed by atoms with Crippen molar-refractivity contribution in [2.24, 2.45) is 0 Å². The molecule has 8 nitrogen and oxygen atoms in total. The van der Waals surface area contributed by atoms with Crippen LogP contribution in [0.5, 0.6) is 0 Å². The number of aryl methyl sites for hydroxylation is 1. The van der Waals surface area contributed by atoms with Gasteiger partial charge in [-0.1, -0.05) is 30.3 Å². The summed E-state index contributed by atoms with van der Waals surface area (Å²) in [7, 11) is 0. The molecule has 1 atom stereocenters. The fraction of sp³-hybridized carbons (Fsp3) is 0.348. The molecule has 4 N–H and O–H groups in total. The maximum Gasteiger partial charge on any atom is 0.271 e. The molecule has 1 aromatic heterocycles. The third-order valence-electron chi connectivity index (χ3n) is 4.95. The zero-order chi connectivity index (χ0) is 22.3. The Morgan fingerprint density at radius 3 is 2.52 bits per heavy atom. The van der Waals surface area contributed by atoms with Gasteiger partial charge in [0.15, 0.2) is 6.17 Å². The van der Waals surface area contributed by atoms with E-state index >= 15 is 0 Å². The van der Waals surface area contributed by atoms with E-state index in [0.29, 0.717) is 25.0 Å². The summed E-state index contributed by atoms with van der Waals surface area (Å²) in [6.45, 7) is 3.76. The number of carbonyl (C=O) groups excluding carboxylic acids is 3. The first-order valence-electron chi connectivity index (χ1n) is 10.3. The first kappa shape index (κ1) is 22.1. The lowest BCUT2D eigenvalue weighted by atomic mass is 9.97. The Hall–Kier alpha value is -3.55. The molecule has 0 saturated heterocycles. The van der Waals surface area contributed by atoms with Crippen LogP contribution < -0.4 is 21.3 Å². The predicted molar refractivity (Wildman–Crippen MR) is 115 cm³/mol. The van der Waals surface area contributed by atoms with Crippen LogP contribution in [0.15, 0.2) is 65.0 Å². The number of amides is 3. The number of hydrogen-bond acceptors (Lipinski definition) is 5. The predicted octanol–water partition coefficient (Wildman–Crippen LogP) is 2.26. The molecule has 0 bridgehead atoms. The van der Waals surface area contributed by atoms with E-state index < -0.39 is 17.6 Å². The topological polar surface area (TPSA) is 112 Å². The van der Waals surface area contributed by atoms with Crippen molar-refractivity contribution in [2.45, 2.75) is 51.2 Å². The van der Waals surface area contributed by atoms with Gasteiger partial charge in [-0.15, -0.1) is 0 Å². The van der Waals surface area contributed by atoms with Gasteiger partial charge in [0, 0.05) is 24.6 Å². The van der Waals surface area contributed by atoms with Gasteiger partial charge in [-0.2, -0.15) is 0 Å². The van der Waals surface area contributed by atoms with E-state index in [0.717, 1.165) is 5.56 Å². The fourth-order valence-electron chi connectivity index (χ4n) is 3.23. The number of benzene rings is 1. The molecule has 1 aliphatic rings. The Labute approximate surface area is 181 Å². The van der Waals surface area contributed by atoms with Crippen molar-refractivity contribution in [3.05, 3.63) is 71.9 Å². The van der Waals surface area contributed by atoms with E-state index in [1.165, 1.54) is 12.5 Å². The van der Waals surface area contributed by atoms with Crippen LogP contribution >= 0.6 is 0 Å². The van der Waals surface area contributed by atoms with Crippen LogP contribution in [-0.2, 0) is 20.8 Å². The lowest BCUT2D eigenvalue weighted by Gasteiger charge is -2.27. The summed E-state index contributed by atoms with van der Waals surface area (Å²) in [4.78, 5) is 36.8. The van der Waals surface area contributed by atoms with Crippen molar-refractivity contribution in [1.82, 2.24) is 21.3 Å². The van der Waals surface area contributed by atoms with Crippen LogP contribution in [0, 0.1) is 0 Å². The molecular formula is C23H28N4O4. The molecule has 0 radical (unpaired) electrons. The van der Waals surface area contributed by atoms with E-state index in [4.69, 9.17) is 4.42 Å². The summed E-state index contributed by atoms with van der Waals surface area (Å²) in [5.41, 5.74) is 0.700. The number of furan rings is 1. The standard InChI is InChI=1S/C23H28N4O4/c1-23(2,27-20(29)11-10-16-7-4-3-5-8-16)13-12-19(28)25-17-15-24-21(26-22(17)30)18-9-6-14-31-18/h3-9,14-15,21,24H,10-13H2,1-2H3,(H,25,28)(H,26,30)(H,27,29). The van der Waals surface area contributed by atoms with Gasteiger partial charge in [0.05, 0.1) is 6.26 Å². The Morgan fingerprint density at radius 2 is 1.84 bits per heavy atom. The van der Waals surface area contributed by atoms with Crippen molar-refractivity contribution >= 4 is 17.7 Å². The highest BCUT2D eigenvalue weighted by atomic mass is 16.3. The van der Waals surface area contributed by atoms with Crippen molar-refractivity contribution in [3.8, 4) is 0 Å².